The predicted molar refractivity (Wildman–Crippen MR) is 142 cm³/mol. The van der Waals surface area contributed by atoms with Gasteiger partial charge in [-0.05, 0) is 63.1 Å². The summed E-state index contributed by atoms with van der Waals surface area (Å²) >= 11 is 0. The molecule has 0 amide bonds. The molecule has 1 atom stereocenters. The highest BCUT2D eigenvalue weighted by atomic mass is 16.5. The van der Waals surface area contributed by atoms with Gasteiger partial charge in [0.25, 0.3) is 5.56 Å². The van der Waals surface area contributed by atoms with Crippen LogP contribution in [0.25, 0.3) is 22.6 Å². The number of ether oxygens (including phenoxy) is 1. The van der Waals surface area contributed by atoms with Crippen LogP contribution in [0.5, 0.6) is 0 Å². The van der Waals surface area contributed by atoms with Crippen LogP contribution < -0.4 is 10.9 Å². The lowest BCUT2D eigenvalue weighted by atomic mass is 10.1. The van der Waals surface area contributed by atoms with Crippen molar-refractivity contribution >= 4 is 23.0 Å². The molecule has 2 aliphatic carbocycles. The minimum atomic E-state index is -0.390. The monoisotopic (exact) mass is 511 g/mol. The molecule has 1 aromatic carbocycles. The number of hydrogen-bond donors (Lipinski definition) is 1. The zero-order chi connectivity index (χ0) is 26.4. The summed E-state index contributed by atoms with van der Waals surface area (Å²) in [6, 6.07) is 7.02. The van der Waals surface area contributed by atoms with Gasteiger partial charge in [-0.25, -0.2) is 29.7 Å². The van der Waals surface area contributed by atoms with E-state index in [0.717, 1.165) is 48.2 Å². The van der Waals surface area contributed by atoms with Crippen molar-refractivity contribution in [2.75, 3.05) is 12.4 Å². The van der Waals surface area contributed by atoms with E-state index in [1.54, 1.807) is 29.2 Å². The minimum absolute atomic E-state index is 0.0216. The highest BCUT2D eigenvalue weighted by Gasteiger charge is 2.33. The maximum absolute atomic E-state index is 13.8. The number of carbonyl (C=O) groups is 1. The van der Waals surface area contributed by atoms with Crippen LogP contribution in [0.15, 0.2) is 41.6 Å². The van der Waals surface area contributed by atoms with Crippen molar-refractivity contribution in [1.82, 2.24) is 29.5 Å². The number of benzene rings is 1. The molecule has 10 nitrogen and oxygen atoms in total. The molecule has 3 aromatic heterocycles. The van der Waals surface area contributed by atoms with Crippen molar-refractivity contribution in [2.45, 2.75) is 58.0 Å². The number of nitrogens with one attached hydrogen (secondary N) is 1. The Morgan fingerprint density at radius 3 is 2.55 bits per heavy atom. The van der Waals surface area contributed by atoms with Gasteiger partial charge >= 0.3 is 5.97 Å². The van der Waals surface area contributed by atoms with Crippen molar-refractivity contribution < 1.29 is 9.53 Å². The van der Waals surface area contributed by atoms with Gasteiger partial charge in [0.2, 0.25) is 0 Å². The van der Waals surface area contributed by atoms with Gasteiger partial charge in [0.15, 0.2) is 17.3 Å². The third kappa shape index (κ3) is 4.51. The molecular weight excluding hydrogens is 482 g/mol. The molecule has 0 aliphatic heterocycles. The van der Waals surface area contributed by atoms with E-state index in [1.807, 2.05) is 19.1 Å². The Balaban J connectivity index is 1.39. The normalized spacial score (nSPS) is 15.9. The maximum atomic E-state index is 13.8. The van der Waals surface area contributed by atoms with E-state index in [1.165, 1.54) is 7.11 Å². The fourth-order valence-electron chi connectivity index (χ4n) is 4.90. The van der Waals surface area contributed by atoms with E-state index >= 15 is 0 Å². The van der Waals surface area contributed by atoms with Crippen molar-refractivity contribution in [3.8, 4) is 11.4 Å². The van der Waals surface area contributed by atoms with Gasteiger partial charge in [0.05, 0.1) is 35.8 Å². The molecule has 0 spiro atoms. The van der Waals surface area contributed by atoms with Gasteiger partial charge in [-0.1, -0.05) is 12.1 Å². The Morgan fingerprint density at radius 1 is 1.11 bits per heavy atom. The first-order valence-corrected chi connectivity index (χ1v) is 13.0. The highest BCUT2D eigenvalue weighted by molar-refractivity contribution is 5.89. The Kier molecular flexibility index (Phi) is 6.09. The van der Waals surface area contributed by atoms with Crippen molar-refractivity contribution in [2.24, 2.45) is 5.92 Å². The lowest BCUT2D eigenvalue weighted by Crippen LogP contribution is -2.29. The van der Waals surface area contributed by atoms with Crippen LogP contribution in [0.1, 0.15) is 71.9 Å². The molecule has 2 saturated carbocycles. The average molecular weight is 512 g/mol. The quantitative estimate of drug-likeness (QED) is 0.347. The number of nitrogens with zero attached hydrogens (tertiary/aromatic N) is 6. The summed E-state index contributed by atoms with van der Waals surface area (Å²) in [6.07, 6.45) is 7.66. The van der Waals surface area contributed by atoms with E-state index in [2.05, 4.69) is 32.2 Å². The highest BCUT2D eigenvalue weighted by Crippen LogP contribution is 2.43. The number of methoxy groups -OCH3 is 1. The van der Waals surface area contributed by atoms with Crippen molar-refractivity contribution in [3.05, 3.63) is 69.7 Å². The largest absolute Gasteiger partial charge is 0.465 e. The van der Waals surface area contributed by atoms with Gasteiger partial charge in [0.1, 0.15) is 11.8 Å². The third-order valence-corrected chi connectivity index (χ3v) is 7.43. The average Bonchev–Trinajstić information content (AvgIpc) is 3.84. The number of rotatable bonds is 8. The smallest absolute Gasteiger partial charge is 0.337 e. The van der Waals surface area contributed by atoms with Crippen LogP contribution in [0.3, 0.4) is 0 Å². The third-order valence-electron chi connectivity index (χ3n) is 7.43. The Morgan fingerprint density at radius 2 is 1.87 bits per heavy atom. The zero-order valence-electron chi connectivity index (χ0n) is 21.6. The molecule has 0 bridgehead atoms. The summed E-state index contributed by atoms with van der Waals surface area (Å²) in [5.41, 5.74) is 4.89. The topological polar surface area (TPSA) is 125 Å². The number of hydrogen-bond acceptors (Lipinski definition) is 9. The van der Waals surface area contributed by atoms with Gasteiger partial charge in [0, 0.05) is 18.5 Å². The Hall–Kier alpha value is -4.21. The van der Waals surface area contributed by atoms with Crippen LogP contribution in [0.2, 0.25) is 0 Å². The lowest BCUT2D eigenvalue weighted by molar-refractivity contribution is 0.0600. The zero-order valence-corrected chi connectivity index (χ0v) is 21.6. The van der Waals surface area contributed by atoms with E-state index in [9.17, 15) is 9.59 Å². The fourth-order valence-corrected chi connectivity index (χ4v) is 4.90. The first-order valence-electron chi connectivity index (χ1n) is 13.0. The number of aromatic nitrogens is 6. The molecule has 3 heterocycles. The van der Waals surface area contributed by atoms with Gasteiger partial charge in [-0.3, -0.25) is 9.36 Å². The van der Waals surface area contributed by atoms with E-state index in [-0.39, 0.29) is 17.4 Å². The minimum Gasteiger partial charge on any atom is -0.465 e. The SMILES string of the molecule is COC(=O)c1ccc(CNc2nc3cnc(-c4c(C)ncnc4C4CC4)nc3n(C(C)C3CC3)c2=O)cc1. The van der Waals surface area contributed by atoms with E-state index in [4.69, 9.17) is 9.72 Å². The molecule has 4 aromatic rings. The van der Waals surface area contributed by atoms with Crippen molar-refractivity contribution in [3.63, 3.8) is 0 Å². The summed E-state index contributed by atoms with van der Waals surface area (Å²) in [4.78, 5) is 48.6. The van der Waals surface area contributed by atoms with Crippen LogP contribution in [-0.4, -0.2) is 42.6 Å². The van der Waals surface area contributed by atoms with Crippen LogP contribution in [0, 0.1) is 12.8 Å². The first kappa shape index (κ1) is 24.1. The molecule has 0 saturated heterocycles. The molecule has 6 rings (SSSR count). The molecule has 194 valence electrons. The standard InChI is InChI=1S/C28H29N7O3/c1-15-22(23(19-10-11-19)32-14-31-15)24-30-13-21-26(34-24)35(16(2)18-8-9-18)27(36)25(33-21)29-12-17-4-6-20(7-5-17)28(37)38-3/h4-7,13-14,16,18-19H,8-12H2,1-3H3,(H,29,33). The van der Waals surface area contributed by atoms with E-state index in [0.29, 0.717) is 40.9 Å². The predicted octanol–water partition coefficient (Wildman–Crippen LogP) is 4.20. The van der Waals surface area contributed by atoms with Gasteiger partial charge in [-0.2, -0.15) is 0 Å². The molecule has 38 heavy (non-hydrogen) atoms. The van der Waals surface area contributed by atoms with Crippen LogP contribution >= 0.6 is 0 Å². The van der Waals surface area contributed by atoms with Crippen molar-refractivity contribution in [1.29, 1.82) is 0 Å². The molecule has 10 heteroatoms. The second-order valence-corrected chi connectivity index (χ2v) is 10.2. The van der Waals surface area contributed by atoms with Gasteiger partial charge < -0.3 is 10.1 Å². The summed E-state index contributed by atoms with van der Waals surface area (Å²) in [5, 5.41) is 3.19. The summed E-state index contributed by atoms with van der Waals surface area (Å²) in [6.45, 7) is 4.39. The second-order valence-electron chi connectivity index (χ2n) is 10.2. The maximum Gasteiger partial charge on any atom is 0.337 e. The number of aryl methyl sites for hydroxylation is 1. The molecule has 2 fully saturated rings. The first-order chi connectivity index (χ1) is 18.4. The summed E-state index contributed by atoms with van der Waals surface area (Å²) in [5.74, 6) is 1.22. The fraction of sp³-hybridized carbons (Fsp3) is 0.393. The number of fused-ring (bicyclic) bond motifs is 1. The van der Waals surface area contributed by atoms with Crippen LogP contribution in [-0.2, 0) is 11.3 Å². The lowest BCUT2D eigenvalue weighted by Gasteiger charge is -2.19. The van der Waals surface area contributed by atoms with Gasteiger partial charge in [-0.15, -0.1) is 0 Å². The number of carbonyl (C=O) groups excluding carboxylic acids is 1. The van der Waals surface area contributed by atoms with E-state index < -0.39 is 5.97 Å². The molecule has 0 radical (unpaired) electrons. The Labute approximate surface area is 219 Å². The Bertz CT molecular complexity index is 1590. The molecular formula is C28H29N7O3. The number of esters is 1. The second kappa shape index (κ2) is 9.59. The summed E-state index contributed by atoms with van der Waals surface area (Å²) in [7, 11) is 1.35. The molecule has 1 N–H and O–H groups in total. The van der Waals surface area contributed by atoms with Crippen LogP contribution in [0.4, 0.5) is 5.82 Å². The number of anilines is 1. The summed E-state index contributed by atoms with van der Waals surface area (Å²) < 4.78 is 6.53. The molecule has 2 aliphatic rings. The molecule has 1 unspecified atom stereocenters.